The summed E-state index contributed by atoms with van der Waals surface area (Å²) in [7, 11) is 0. The maximum absolute atomic E-state index is 10.7. The molecule has 12 heavy (non-hydrogen) atoms. The van der Waals surface area contributed by atoms with Gasteiger partial charge in [-0.15, -0.1) is 0 Å². The molecule has 0 amide bonds. The van der Waals surface area contributed by atoms with E-state index in [4.69, 9.17) is 11.6 Å². The van der Waals surface area contributed by atoms with Crippen molar-refractivity contribution < 1.29 is 4.79 Å². The number of hydrogen-bond acceptors (Lipinski definition) is 1. The molecule has 0 aromatic heterocycles. The predicted octanol–water partition coefficient (Wildman–Crippen LogP) is 3.57. The molecule has 1 rings (SSSR count). The highest BCUT2D eigenvalue weighted by Crippen LogP contribution is 2.10. The smallest absolute Gasteiger partial charge is 0.159 e. The number of rotatable bonds is 1. The molecule has 0 heterocycles. The molecular formula is C10H13ClO. The topological polar surface area (TPSA) is 17.1 Å². The summed E-state index contributed by atoms with van der Waals surface area (Å²) in [5.74, 6) is 0.0440. The molecule has 0 unspecified atom stereocenters. The van der Waals surface area contributed by atoms with Gasteiger partial charge in [0.25, 0.3) is 0 Å². The van der Waals surface area contributed by atoms with E-state index < -0.39 is 0 Å². The van der Waals surface area contributed by atoms with Crippen LogP contribution in [-0.2, 0) is 0 Å². The molecule has 1 nitrogen and oxygen atoms in total. The van der Waals surface area contributed by atoms with Gasteiger partial charge in [0.1, 0.15) is 0 Å². The zero-order valence-electron chi connectivity index (χ0n) is 7.60. The molecule has 0 radical (unpaired) electrons. The van der Waals surface area contributed by atoms with E-state index in [0.29, 0.717) is 10.6 Å². The first kappa shape index (κ1) is 11.2. The summed E-state index contributed by atoms with van der Waals surface area (Å²) in [6.45, 7) is 5.52. The molecule has 1 aromatic rings. The third-order valence-electron chi connectivity index (χ3n) is 1.23. The van der Waals surface area contributed by atoms with Gasteiger partial charge in [0, 0.05) is 10.6 Å². The van der Waals surface area contributed by atoms with E-state index in [1.54, 1.807) is 24.3 Å². The molecule has 0 spiro atoms. The highest BCUT2D eigenvalue weighted by Gasteiger charge is 1.96. The Morgan fingerprint density at radius 2 is 1.92 bits per heavy atom. The molecule has 0 atom stereocenters. The van der Waals surface area contributed by atoms with E-state index in [0.717, 1.165) is 0 Å². The van der Waals surface area contributed by atoms with Crippen molar-refractivity contribution in [2.75, 3.05) is 0 Å². The van der Waals surface area contributed by atoms with Crippen molar-refractivity contribution in [3.05, 3.63) is 34.9 Å². The second-order valence-corrected chi connectivity index (χ2v) is 2.50. The number of benzene rings is 1. The predicted molar refractivity (Wildman–Crippen MR) is 52.8 cm³/mol. The van der Waals surface area contributed by atoms with Crippen molar-refractivity contribution in [1.29, 1.82) is 0 Å². The van der Waals surface area contributed by atoms with Crippen LogP contribution in [0.5, 0.6) is 0 Å². The van der Waals surface area contributed by atoms with Crippen molar-refractivity contribution in [3.8, 4) is 0 Å². The largest absolute Gasteiger partial charge is 0.295 e. The number of ketones is 1. The summed E-state index contributed by atoms with van der Waals surface area (Å²) in [5, 5.41) is 0.604. The van der Waals surface area contributed by atoms with E-state index >= 15 is 0 Å². The molecule has 0 saturated heterocycles. The Bertz CT molecular complexity index is 256. The molecule has 0 aliphatic carbocycles. The number of carbonyl (C=O) groups excluding carboxylic acids is 1. The number of hydrogen-bond donors (Lipinski definition) is 0. The lowest BCUT2D eigenvalue weighted by Crippen LogP contribution is -1.89. The van der Waals surface area contributed by atoms with Crippen LogP contribution < -0.4 is 0 Å². The Labute approximate surface area is 78.4 Å². The van der Waals surface area contributed by atoms with Gasteiger partial charge < -0.3 is 0 Å². The van der Waals surface area contributed by atoms with E-state index in [9.17, 15) is 4.79 Å². The van der Waals surface area contributed by atoms with Gasteiger partial charge >= 0.3 is 0 Å². The summed E-state index contributed by atoms with van der Waals surface area (Å²) < 4.78 is 0. The second-order valence-electron chi connectivity index (χ2n) is 2.07. The maximum Gasteiger partial charge on any atom is 0.159 e. The minimum Gasteiger partial charge on any atom is -0.295 e. The van der Waals surface area contributed by atoms with Crippen molar-refractivity contribution in [1.82, 2.24) is 0 Å². The number of carbonyl (C=O) groups is 1. The molecule has 2 heteroatoms. The minimum absolute atomic E-state index is 0.0440. The third-order valence-corrected chi connectivity index (χ3v) is 1.47. The van der Waals surface area contributed by atoms with Crippen molar-refractivity contribution in [3.63, 3.8) is 0 Å². The van der Waals surface area contributed by atoms with E-state index in [-0.39, 0.29) is 5.78 Å². The van der Waals surface area contributed by atoms with Crippen LogP contribution >= 0.6 is 11.6 Å². The monoisotopic (exact) mass is 184 g/mol. The molecule has 1 aromatic carbocycles. The molecule has 0 aliphatic rings. The Morgan fingerprint density at radius 3 is 2.25 bits per heavy atom. The summed E-state index contributed by atoms with van der Waals surface area (Å²) >= 11 is 5.64. The quantitative estimate of drug-likeness (QED) is 0.610. The zero-order valence-corrected chi connectivity index (χ0v) is 8.35. The number of halogens is 1. The van der Waals surface area contributed by atoms with E-state index in [1.165, 1.54) is 6.92 Å². The van der Waals surface area contributed by atoms with Crippen LogP contribution in [0.3, 0.4) is 0 Å². The van der Waals surface area contributed by atoms with Gasteiger partial charge in [-0.3, -0.25) is 4.79 Å². The van der Waals surface area contributed by atoms with Crippen molar-refractivity contribution in [2.45, 2.75) is 20.8 Å². The van der Waals surface area contributed by atoms with Crippen LogP contribution in [-0.4, -0.2) is 5.78 Å². The van der Waals surface area contributed by atoms with Crippen molar-refractivity contribution >= 4 is 17.4 Å². The molecular weight excluding hydrogens is 172 g/mol. The minimum atomic E-state index is 0.0440. The van der Waals surface area contributed by atoms with Crippen LogP contribution in [0, 0.1) is 0 Å². The SMILES string of the molecule is CC.CC(=O)c1cccc(Cl)c1. The fourth-order valence-corrected chi connectivity index (χ4v) is 0.898. The molecule has 0 fully saturated rings. The Hall–Kier alpha value is -0.820. The second kappa shape index (κ2) is 5.78. The van der Waals surface area contributed by atoms with Crippen LogP contribution in [0.1, 0.15) is 31.1 Å². The lowest BCUT2D eigenvalue weighted by molar-refractivity contribution is 0.101. The van der Waals surface area contributed by atoms with Gasteiger partial charge in [-0.2, -0.15) is 0 Å². The molecule has 0 saturated carbocycles. The van der Waals surface area contributed by atoms with E-state index in [1.807, 2.05) is 13.8 Å². The molecule has 0 N–H and O–H groups in total. The molecule has 0 aliphatic heterocycles. The summed E-state index contributed by atoms with van der Waals surface area (Å²) in [4.78, 5) is 10.7. The first-order valence-electron chi connectivity index (χ1n) is 3.96. The standard InChI is InChI=1S/C8H7ClO.C2H6/c1-6(10)7-3-2-4-8(9)5-7;1-2/h2-5H,1H3;1-2H3. The van der Waals surface area contributed by atoms with E-state index in [2.05, 4.69) is 0 Å². The van der Waals surface area contributed by atoms with Crippen molar-refractivity contribution in [2.24, 2.45) is 0 Å². The molecule has 0 bridgehead atoms. The summed E-state index contributed by atoms with van der Waals surface area (Å²) in [5.41, 5.74) is 0.660. The highest BCUT2D eigenvalue weighted by molar-refractivity contribution is 6.30. The van der Waals surface area contributed by atoms with Crippen LogP contribution in [0.2, 0.25) is 5.02 Å². The number of Topliss-reactive ketones (excluding diaryl/α,β-unsaturated/α-hetero) is 1. The first-order chi connectivity index (χ1) is 5.70. The Kier molecular flexibility index (Phi) is 5.39. The average Bonchev–Trinajstić information content (AvgIpc) is 2.08. The summed E-state index contributed by atoms with van der Waals surface area (Å²) in [6.07, 6.45) is 0. The van der Waals surface area contributed by atoms with Gasteiger partial charge in [-0.1, -0.05) is 37.6 Å². The van der Waals surface area contributed by atoms with Gasteiger partial charge in [0.2, 0.25) is 0 Å². The first-order valence-corrected chi connectivity index (χ1v) is 4.34. The van der Waals surface area contributed by atoms with Gasteiger partial charge in [0.15, 0.2) is 5.78 Å². The Morgan fingerprint density at radius 1 is 1.33 bits per heavy atom. The fraction of sp³-hybridized carbons (Fsp3) is 0.300. The average molecular weight is 185 g/mol. The molecule has 66 valence electrons. The highest BCUT2D eigenvalue weighted by atomic mass is 35.5. The fourth-order valence-electron chi connectivity index (χ4n) is 0.707. The summed E-state index contributed by atoms with van der Waals surface area (Å²) in [6, 6.07) is 6.91. The third kappa shape index (κ3) is 3.54. The van der Waals surface area contributed by atoms with Gasteiger partial charge in [-0.25, -0.2) is 0 Å². The normalized spacial score (nSPS) is 8.33. The lowest BCUT2D eigenvalue weighted by atomic mass is 10.2. The van der Waals surface area contributed by atoms with Gasteiger partial charge in [0.05, 0.1) is 0 Å². The Balaban J connectivity index is 0.000000561. The zero-order chi connectivity index (χ0) is 9.56. The van der Waals surface area contributed by atoms with Crippen LogP contribution in [0.15, 0.2) is 24.3 Å². The van der Waals surface area contributed by atoms with Crippen LogP contribution in [0.4, 0.5) is 0 Å². The lowest BCUT2D eigenvalue weighted by Gasteiger charge is -1.93. The maximum atomic E-state index is 10.7. The van der Waals surface area contributed by atoms with Gasteiger partial charge in [-0.05, 0) is 19.1 Å². The van der Waals surface area contributed by atoms with Crippen LogP contribution in [0.25, 0.3) is 0 Å².